The quantitative estimate of drug-likeness (QED) is 0.419. The van der Waals surface area contributed by atoms with Crippen molar-refractivity contribution in [1.82, 2.24) is 9.97 Å². The lowest BCUT2D eigenvalue weighted by molar-refractivity contribution is 0.0729. The van der Waals surface area contributed by atoms with E-state index in [4.69, 9.17) is 4.74 Å². The van der Waals surface area contributed by atoms with Crippen LogP contribution in [0, 0.1) is 0 Å². The van der Waals surface area contributed by atoms with Crippen molar-refractivity contribution in [2.24, 2.45) is 0 Å². The molecule has 130 valence electrons. The van der Waals surface area contributed by atoms with Crippen molar-refractivity contribution in [3.8, 4) is 17.1 Å². The standard InChI is InChI=1S/C23H16N2O2/c26-23(27-22-14-17-7-2-4-11-20(17)25-22)18-9-5-8-15(12-18)21-13-16-6-1-3-10-19(16)24-21/h1-14,24-25H. The summed E-state index contributed by atoms with van der Waals surface area (Å²) in [5.41, 5.74) is 4.42. The van der Waals surface area contributed by atoms with E-state index in [9.17, 15) is 4.79 Å². The van der Waals surface area contributed by atoms with Crippen LogP contribution in [0.3, 0.4) is 0 Å². The average molecular weight is 352 g/mol. The molecule has 0 bridgehead atoms. The molecule has 5 rings (SSSR count). The highest BCUT2D eigenvalue weighted by atomic mass is 16.5. The van der Waals surface area contributed by atoms with Crippen LogP contribution in [0.1, 0.15) is 10.4 Å². The van der Waals surface area contributed by atoms with Crippen molar-refractivity contribution < 1.29 is 9.53 Å². The molecular weight excluding hydrogens is 336 g/mol. The molecule has 0 aliphatic rings. The summed E-state index contributed by atoms with van der Waals surface area (Å²) in [5.74, 6) is 0.0525. The molecule has 3 aromatic carbocycles. The number of ether oxygens (including phenoxy) is 1. The topological polar surface area (TPSA) is 57.9 Å². The fourth-order valence-corrected chi connectivity index (χ4v) is 3.30. The van der Waals surface area contributed by atoms with E-state index in [1.165, 1.54) is 0 Å². The predicted molar refractivity (Wildman–Crippen MR) is 107 cm³/mol. The highest BCUT2D eigenvalue weighted by molar-refractivity contribution is 5.94. The van der Waals surface area contributed by atoms with E-state index in [0.29, 0.717) is 11.4 Å². The van der Waals surface area contributed by atoms with Gasteiger partial charge in [0.05, 0.1) is 5.56 Å². The molecule has 0 amide bonds. The van der Waals surface area contributed by atoms with Crippen molar-refractivity contribution in [3.05, 3.63) is 90.5 Å². The minimum Gasteiger partial charge on any atom is -0.406 e. The molecule has 0 fully saturated rings. The van der Waals surface area contributed by atoms with E-state index in [0.717, 1.165) is 33.1 Å². The van der Waals surface area contributed by atoms with Gasteiger partial charge in [0.2, 0.25) is 5.88 Å². The summed E-state index contributed by atoms with van der Waals surface area (Å²) in [7, 11) is 0. The number of hydrogen-bond donors (Lipinski definition) is 2. The maximum atomic E-state index is 12.6. The van der Waals surface area contributed by atoms with Gasteiger partial charge in [0.15, 0.2) is 0 Å². The molecule has 27 heavy (non-hydrogen) atoms. The predicted octanol–water partition coefficient (Wildman–Crippen LogP) is 5.54. The van der Waals surface area contributed by atoms with Gasteiger partial charge in [0.1, 0.15) is 0 Å². The average Bonchev–Trinajstić information content (AvgIpc) is 3.31. The van der Waals surface area contributed by atoms with Gasteiger partial charge in [-0.25, -0.2) is 4.79 Å². The number of carbonyl (C=O) groups excluding carboxylic acids is 1. The first kappa shape index (κ1) is 15.5. The Balaban J connectivity index is 1.44. The number of rotatable bonds is 3. The molecule has 2 heterocycles. The van der Waals surface area contributed by atoms with E-state index in [2.05, 4.69) is 22.1 Å². The lowest BCUT2D eigenvalue weighted by Gasteiger charge is -2.04. The Kier molecular flexibility index (Phi) is 3.54. The maximum Gasteiger partial charge on any atom is 0.344 e. The SMILES string of the molecule is O=C(Oc1cc2ccccc2[nH]1)c1cccc(-c2cc3ccccc3[nH]2)c1. The number of aromatic nitrogens is 2. The lowest BCUT2D eigenvalue weighted by Crippen LogP contribution is -2.08. The van der Waals surface area contributed by atoms with Crippen molar-refractivity contribution in [2.75, 3.05) is 0 Å². The van der Waals surface area contributed by atoms with Gasteiger partial charge in [0, 0.05) is 33.6 Å². The molecule has 0 aliphatic carbocycles. The Labute approximate surface area is 155 Å². The summed E-state index contributed by atoms with van der Waals surface area (Å²) in [4.78, 5) is 19.1. The van der Waals surface area contributed by atoms with Crippen LogP contribution in [0.25, 0.3) is 33.1 Å². The summed E-state index contributed by atoms with van der Waals surface area (Å²) in [6.07, 6.45) is 0. The third-order valence-corrected chi connectivity index (χ3v) is 4.65. The van der Waals surface area contributed by atoms with Crippen molar-refractivity contribution in [3.63, 3.8) is 0 Å². The monoisotopic (exact) mass is 352 g/mol. The highest BCUT2D eigenvalue weighted by Crippen LogP contribution is 2.26. The summed E-state index contributed by atoms with van der Waals surface area (Å²) in [6.45, 7) is 0. The highest BCUT2D eigenvalue weighted by Gasteiger charge is 2.12. The number of fused-ring (bicyclic) bond motifs is 2. The maximum absolute atomic E-state index is 12.6. The van der Waals surface area contributed by atoms with Crippen LogP contribution in [0.15, 0.2) is 84.9 Å². The van der Waals surface area contributed by atoms with E-state index < -0.39 is 0 Å². The Hall–Kier alpha value is -3.79. The minimum absolute atomic E-state index is 0.389. The molecule has 0 unspecified atom stereocenters. The Bertz CT molecular complexity index is 1210. The summed E-state index contributed by atoms with van der Waals surface area (Å²) in [5, 5.41) is 2.14. The van der Waals surface area contributed by atoms with Crippen molar-refractivity contribution >= 4 is 27.8 Å². The first-order valence-electron chi connectivity index (χ1n) is 8.74. The van der Waals surface area contributed by atoms with Crippen LogP contribution in [0.2, 0.25) is 0 Å². The third-order valence-electron chi connectivity index (χ3n) is 4.65. The molecule has 0 aliphatic heterocycles. The van der Waals surface area contributed by atoms with Gasteiger partial charge in [0.25, 0.3) is 0 Å². The molecule has 0 saturated carbocycles. The fourth-order valence-electron chi connectivity index (χ4n) is 3.30. The number of carbonyl (C=O) groups is 1. The van der Waals surface area contributed by atoms with Gasteiger partial charge in [-0.3, -0.25) is 0 Å². The van der Waals surface area contributed by atoms with E-state index in [1.807, 2.05) is 66.7 Å². The van der Waals surface area contributed by atoms with Crippen LogP contribution in [-0.4, -0.2) is 15.9 Å². The molecule has 0 saturated heterocycles. The van der Waals surface area contributed by atoms with Gasteiger partial charge in [-0.05, 0) is 35.9 Å². The molecule has 0 spiro atoms. The van der Waals surface area contributed by atoms with Crippen LogP contribution in [0.4, 0.5) is 0 Å². The zero-order chi connectivity index (χ0) is 18.2. The molecule has 0 atom stereocenters. The molecule has 2 aromatic heterocycles. The van der Waals surface area contributed by atoms with Crippen molar-refractivity contribution in [1.29, 1.82) is 0 Å². The minimum atomic E-state index is -0.389. The molecule has 5 aromatic rings. The van der Waals surface area contributed by atoms with E-state index >= 15 is 0 Å². The second kappa shape index (κ2) is 6.18. The number of benzene rings is 3. The fraction of sp³-hybridized carbons (Fsp3) is 0. The van der Waals surface area contributed by atoms with Gasteiger partial charge in [-0.15, -0.1) is 0 Å². The van der Waals surface area contributed by atoms with Crippen molar-refractivity contribution in [2.45, 2.75) is 0 Å². The third kappa shape index (κ3) is 2.87. The van der Waals surface area contributed by atoms with Gasteiger partial charge in [-0.2, -0.15) is 0 Å². The van der Waals surface area contributed by atoms with E-state index in [-0.39, 0.29) is 5.97 Å². The summed E-state index contributed by atoms with van der Waals surface area (Å²) in [6, 6.07) is 27.3. The normalized spacial score (nSPS) is 11.1. The zero-order valence-corrected chi connectivity index (χ0v) is 14.4. The summed E-state index contributed by atoms with van der Waals surface area (Å²) < 4.78 is 5.53. The van der Waals surface area contributed by atoms with Gasteiger partial charge < -0.3 is 14.7 Å². The number of nitrogens with one attached hydrogen (secondary N) is 2. The zero-order valence-electron chi connectivity index (χ0n) is 14.4. The smallest absolute Gasteiger partial charge is 0.344 e. The number of esters is 1. The molecule has 0 radical (unpaired) electrons. The van der Waals surface area contributed by atoms with E-state index in [1.54, 1.807) is 6.07 Å². The first-order valence-corrected chi connectivity index (χ1v) is 8.74. The second-order valence-corrected chi connectivity index (χ2v) is 6.46. The lowest BCUT2D eigenvalue weighted by atomic mass is 10.1. The van der Waals surface area contributed by atoms with Crippen LogP contribution in [0.5, 0.6) is 5.88 Å². The number of hydrogen-bond acceptors (Lipinski definition) is 2. The van der Waals surface area contributed by atoms with Crippen LogP contribution < -0.4 is 4.74 Å². The number of H-pyrrole nitrogens is 2. The first-order chi connectivity index (χ1) is 13.3. The Morgan fingerprint density at radius 3 is 2.15 bits per heavy atom. The van der Waals surface area contributed by atoms with Crippen LogP contribution in [-0.2, 0) is 0 Å². The number of para-hydroxylation sites is 2. The number of aromatic amines is 2. The Morgan fingerprint density at radius 1 is 0.704 bits per heavy atom. The largest absolute Gasteiger partial charge is 0.406 e. The van der Waals surface area contributed by atoms with Crippen LogP contribution >= 0.6 is 0 Å². The molecule has 4 heteroatoms. The Morgan fingerprint density at radius 2 is 1.41 bits per heavy atom. The second-order valence-electron chi connectivity index (χ2n) is 6.46. The molecular formula is C23H16N2O2. The van der Waals surface area contributed by atoms with Gasteiger partial charge in [-0.1, -0.05) is 48.5 Å². The van der Waals surface area contributed by atoms with Gasteiger partial charge >= 0.3 is 5.97 Å². The molecule has 2 N–H and O–H groups in total. The summed E-state index contributed by atoms with van der Waals surface area (Å²) >= 11 is 0. The molecule has 4 nitrogen and oxygen atoms in total.